The second kappa shape index (κ2) is 7.77. The molecule has 3 rings (SSSR count). The maximum atomic E-state index is 12.1. The number of amides is 1. The molecule has 1 aliphatic heterocycles. The topological polar surface area (TPSA) is 54.5 Å². The van der Waals surface area contributed by atoms with Gasteiger partial charge in [0.25, 0.3) is 0 Å². The summed E-state index contributed by atoms with van der Waals surface area (Å²) < 4.78 is 5.15. The summed E-state index contributed by atoms with van der Waals surface area (Å²) in [4.78, 5) is 20.2. The van der Waals surface area contributed by atoms with Crippen molar-refractivity contribution in [3.8, 4) is 5.75 Å². The van der Waals surface area contributed by atoms with Gasteiger partial charge in [0.1, 0.15) is 5.75 Å². The molecule has 1 aliphatic rings. The fraction of sp³-hybridized carbons (Fsp3) is 0.444. The maximum Gasteiger partial charge on any atom is 0.226 e. The zero-order valence-electron chi connectivity index (χ0n) is 14.2. The summed E-state index contributed by atoms with van der Waals surface area (Å²) in [6.07, 6.45) is 3.19. The number of methoxy groups -OCH3 is 1. The van der Waals surface area contributed by atoms with Crippen molar-refractivity contribution in [2.75, 3.05) is 26.0 Å². The van der Waals surface area contributed by atoms with Crippen molar-refractivity contribution in [1.82, 2.24) is 9.88 Å². The third-order valence-electron chi connectivity index (χ3n) is 4.20. The van der Waals surface area contributed by atoms with Crippen molar-refractivity contribution >= 4 is 22.4 Å². The number of hydrogen-bond donors (Lipinski definition) is 1. The first kappa shape index (κ1) is 16.9. The van der Waals surface area contributed by atoms with Crippen LogP contribution < -0.4 is 10.1 Å². The smallest absolute Gasteiger partial charge is 0.226 e. The second-order valence-corrected chi connectivity index (χ2v) is 7.21. The molecule has 0 saturated heterocycles. The Bertz CT molecular complexity index is 697. The summed E-state index contributed by atoms with van der Waals surface area (Å²) in [6.45, 7) is 1.96. The van der Waals surface area contributed by atoms with Crippen LogP contribution in [0.4, 0.5) is 5.13 Å². The van der Waals surface area contributed by atoms with E-state index in [1.54, 1.807) is 18.4 Å². The zero-order valence-corrected chi connectivity index (χ0v) is 15.0. The number of thiazole rings is 1. The van der Waals surface area contributed by atoms with Crippen LogP contribution in [0.1, 0.15) is 29.0 Å². The van der Waals surface area contributed by atoms with E-state index in [9.17, 15) is 4.79 Å². The standard InChI is InChI=1S/C18H23N3O2S/c1-21-11-10-15-16(12-21)24-18(19-15)20-17(22)5-3-4-13-6-8-14(23-2)9-7-13/h6-9H,3-5,10-12H2,1-2H3,(H,19,20,22). The molecular formula is C18H23N3O2S. The quantitative estimate of drug-likeness (QED) is 0.874. The van der Waals surface area contributed by atoms with Crippen molar-refractivity contribution in [2.24, 2.45) is 0 Å². The molecule has 0 aliphatic carbocycles. The molecule has 0 radical (unpaired) electrons. The lowest BCUT2D eigenvalue weighted by molar-refractivity contribution is -0.116. The summed E-state index contributed by atoms with van der Waals surface area (Å²) in [5.74, 6) is 0.901. The molecule has 1 aromatic heterocycles. The molecule has 0 saturated carbocycles. The maximum absolute atomic E-state index is 12.1. The largest absolute Gasteiger partial charge is 0.497 e. The molecule has 2 aromatic rings. The van der Waals surface area contributed by atoms with E-state index in [0.717, 1.165) is 48.9 Å². The molecule has 1 amide bonds. The van der Waals surface area contributed by atoms with E-state index in [0.29, 0.717) is 6.42 Å². The van der Waals surface area contributed by atoms with Gasteiger partial charge < -0.3 is 15.0 Å². The lowest BCUT2D eigenvalue weighted by Gasteiger charge is -2.20. The molecule has 0 atom stereocenters. The van der Waals surface area contributed by atoms with E-state index in [-0.39, 0.29) is 5.91 Å². The molecule has 1 aromatic carbocycles. The highest BCUT2D eigenvalue weighted by molar-refractivity contribution is 7.15. The molecule has 0 bridgehead atoms. The van der Waals surface area contributed by atoms with Crippen LogP contribution in [0.2, 0.25) is 0 Å². The monoisotopic (exact) mass is 345 g/mol. The minimum Gasteiger partial charge on any atom is -0.497 e. The van der Waals surface area contributed by atoms with Gasteiger partial charge in [-0.05, 0) is 37.6 Å². The summed E-state index contributed by atoms with van der Waals surface area (Å²) in [5, 5.41) is 3.69. The van der Waals surface area contributed by atoms with Gasteiger partial charge in [-0.2, -0.15) is 0 Å². The van der Waals surface area contributed by atoms with Crippen molar-refractivity contribution < 1.29 is 9.53 Å². The molecule has 2 heterocycles. The minimum absolute atomic E-state index is 0.0444. The van der Waals surface area contributed by atoms with E-state index in [4.69, 9.17) is 4.74 Å². The summed E-state index contributed by atoms with van der Waals surface area (Å²) in [7, 11) is 3.77. The second-order valence-electron chi connectivity index (χ2n) is 6.13. The van der Waals surface area contributed by atoms with Crippen molar-refractivity contribution in [1.29, 1.82) is 0 Å². The Morgan fingerprint density at radius 3 is 2.92 bits per heavy atom. The van der Waals surface area contributed by atoms with Crippen LogP contribution in [0, 0.1) is 0 Å². The highest BCUT2D eigenvalue weighted by Gasteiger charge is 2.18. The van der Waals surface area contributed by atoms with Gasteiger partial charge in [-0.15, -0.1) is 11.3 Å². The molecule has 5 nitrogen and oxygen atoms in total. The normalized spacial score (nSPS) is 14.2. The number of likely N-dealkylation sites (N-methyl/N-ethyl adjacent to an activating group) is 1. The Kier molecular flexibility index (Phi) is 5.48. The van der Waals surface area contributed by atoms with Crippen LogP contribution in [0.15, 0.2) is 24.3 Å². The number of ether oxygens (including phenoxy) is 1. The van der Waals surface area contributed by atoms with Crippen LogP contribution >= 0.6 is 11.3 Å². The Morgan fingerprint density at radius 1 is 1.38 bits per heavy atom. The fourth-order valence-electron chi connectivity index (χ4n) is 2.80. The summed E-state index contributed by atoms with van der Waals surface area (Å²) in [5.41, 5.74) is 2.36. The zero-order chi connectivity index (χ0) is 16.9. The molecular weight excluding hydrogens is 322 g/mol. The number of anilines is 1. The van der Waals surface area contributed by atoms with Gasteiger partial charge in [0.05, 0.1) is 12.8 Å². The van der Waals surface area contributed by atoms with Crippen molar-refractivity contribution in [2.45, 2.75) is 32.2 Å². The Hall–Kier alpha value is -1.92. The van der Waals surface area contributed by atoms with Gasteiger partial charge in [0.2, 0.25) is 5.91 Å². The number of carbonyl (C=O) groups excluding carboxylic acids is 1. The molecule has 24 heavy (non-hydrogen) atoms. The van der Waals surface area contributed by atoms with Gasteiger partial charge >= 0.3 is 0 Å². The van der Waals surface area contributed by atoms with E-state index in [1.807, 2.05) is 24.3 Å². The first-order valence-corrected chi connectivity index (χ1v) is 9.05. The van der Waals surface area contributed by atoms with E-state index >= 15 is 0 Å². The average molecular weight is 345 g/mol. The van der Waals surface area contributed by atoms with Crippen molar-refractivity contribution in [3.05, 3.63) is 40.4 Å². The number of nitrogens with one attached hydrogen (secondary N) is 1. The van der Waals surface area contributed by atoms with E-state index in [1.165, 1.54) is 10.4 Å². The Labute approximate surface area is 146 Å². The average Bonchev–Trinajstić information content (AvgIpc) is 2.96. The number of carbonyl (C=O) groups is 1. The van der Waals surface area contributed by atoms with Crippen LogP contribution in [0.25, 0.3) is 0 Å². The molecule has 6 heteroatoms. The van der Waals surface area contributed by atoms with Crippen LogP contribution in [0.3, 0.4) is 0 Å². The highest BCUT2D eigenvalue weighted by atomic mass is 32.1. The predicted molar refractivity (Wildman–Crippen MR) is 96.7 cm³/mol. The highest BCUT2D eigenvalue weighted by Crippen LogP contribution is 2.27. The minimum atomic E-state index is 0.0444. The first-order chi connectivity index (χ1) is 11.6. The lowest BCUT2D eigenvalue weighted by Crippen LogP contribution is -2.25. The van der Waals surface area contributed by atoms with Crippen LogP contribution in [0.5, 0.6) is 5.75 Å². The molecule has 0 spiro atoms. The number of rotatable bonds is 6. The third kappa shape index (κ3) is 4.33. The molecule has 0 fully saturated rings. The molecule has 1 N–H and O–H groups in total. The van der Waals surface area contributed by atoms with Crippen LogP contribution in [-0.4, -0.2) is 36.5 Å². The van der Waals surface area contributed by atoms with Gasteiger partial charge in [-0.1, -0.05) is 12.1 Å². The molecule has 0 unspecified atom stereocenters. The number of aromatic nitrogens is 1. The SMILES string of the molecule is COc1ccc(CCCC(=O)Nc2nc3c(s2)CN(C)CC3)cc1. The molecule has 128 valence electrons. The number of fused-ring (bicyclic) bond motifs is 1. The Balaban J connectivity index is 1.45. The third-order valence-corrected chi connectivity index (χ3v) is 5.19. The van der Waals surface area contributed by atoms with Gasteiger partial charge in [-0.25, -0.2) is 4.98 Å². The van der Waals surface area contributed by atoms with E-state index < -0.39 is 0 Å². The van der Waals surface area contributed by atoms with Gasteiger partial charge in [-0.3, -0.25) is 4.79 Å². The summed E-state index contributed by atoms with van der Waals surface area (Å²) >= 11 is 1.60. The lowest BCUT2D eigenvalue weighted by atomic mass is 10.1. The predicted octanol–water partition coefficient (Wildman–Crippen LogP) is 3.10. The number of hydrogen-bond acceptors (Lipinski definition) is 5. The van der Waals surface area contributed by atoms with Crippen molar-refractivity contribution in [3.63, 3.8) is 0 Å². The van der Waals surface area contributed by atoms with Crippen LogP contribution in [-0.2, 0) is 24.2 Å². The number of aryl methyl sites for hydroxylation is 1. The van der Waals surface area contributed by atoms with Gasteiger partial charge in [0.15, 0.2) is 5.13 Å². The Morgan fingerprint density at radius 2 is 2.17 bits per heavy atom. The van der Waals surface area contributed by atoms with Gasteiger partial charge in [0, 0.05) is 30.8 Å². The fourth-order valence-corrected chi connectivity index (χ4v) is 3.91. The van der Waals surface area contributed by atoms with E-state index in [2.05, 4.69) is 22.2 Å². The number of nitrogens with zero attached hydrogens (tertiary/aromatic N) is 2. The summed E-state index contributed by atoms with van der Waals surface area (Å²) in [6, 6.07) is 7.99. The first-order valence-electron chi connectivity index (χ1n) is 8.24. The number of benzene rings is 1.